The van der Waals surface area contributed by atoms with Gasteiger partial charge >= 0.3 is 12.1 Å². The number of aliphatic hydroxyl groups is 1. The number of nitrogens with one attached hydrogen (secondary N) is 5. The van der Waals surface area contributed by atoms with E-state index in [2.05, 4.69) is 26.6 Å². The third kappa shape index (κ3) is 17.3. The summed E-state index contributed by atoms with van der Waals surface area (Å²) in [6.07, 6.45) is -0.00578. The standard InChI is InChI=1S/C36H59N5O9S/c1-20(2)17-26(39-31(44)25(15-16-51-10)38-33(46)30(22(5)6)41-35(49)50-36(7,8)9)27(42)18-28(43)40-29(21(3)4)32(45)37-19-23-11-13-24(14-12-23)34(47)48/h11-14,20-22,25-27,29-30,42H,15-19H2,1-10H3,(H,37,45)(H,38,46)(H,39,44)(H,40,43)(H,41,49)(H,47,48)/t25-,26?,27-,29+,30-/m0/s1. The summed E-state index contributed by atoms with van der Waals surface area (Å²) in [4.78, 5) is 76.7. The van der Waals surface area contributed by atoms with Crippen LogP contribution in [0, 0.1) is 17.8 Å². The van der Waals surface area contributed by atoms with Crippen LogP contribution in [-0.2, 0) is 30.5 Å². The number of thioether (sulfide) groups is 1. The van der Waals surface area contributed by atoms with Gasteiger partial charge in [0.05, 0.1) is 24.1 Å². The Morgan fingerprint density at radius 2 is 1.37 bits per heavy atom. The van der Waals surface area contributed by atoms with Crippen molar-refractivity contribution in [3.63, 3.8) is 0 Å². The van der Waals surface area contributed by atoms with Gasteiger partial charge in [-0.2, -0.15) is 11.8 Å². The number of carbonyl (C=O) groups excluding carboxylic acids is 5. The van der Waals surface area contributed by atoms with Crippen molar-refractivity contribution < 1.29 is 43.7 Å². The summed E-state index contributed by atoms with van der Waals surface area (Å²) >= 11 is 1.49. The predicted octanol–water partition coefficient (Wildman–Crippen LogP) is 3.21. The van der Waals surface area contributed by atoms with Crippen LogP contribution in [-0.4, -0.2) is 93.8 Å². The van der Waals surface area contributed by atoms with Gasteiger partial charge in [-0.1, -0.05) is 53.7 Å². The van der Waals surface area contributed by atoms with Gasteiger partial charge in [0.15, 0.2) is 0 Å². The molecule has 0 aromatic heterocycles. The van der Waals surface area contributed by atoms with Gasteiger partial charge < -0.3 is 41.5 Å². The number of carboxylic acid groups (broad SMARTS) is 1. The van der Waals surface area contributed by atoms with Crippen molar-refractivity contribution in [2.45, 2.75) is 124 Å². The van der Waals surface area contributed by atoms with Crippen molar-refractivity contribution in [2.75, 3.05) is 12.0 Å². The van der Waals surface area contributed by atoms with Crippen LogP contribution in [0.3, 0.4) is 0 Å². The number of rotatable bonds is 20. The number of amides is 5. The zero-order chi connectivity index (χ0) is 39.1. The number of carboxylic acids is 1. The molecule has 5 amide bonds. The van der Waals surface area contributed by atoms with Crippen molar-refractivity contribution >= 4 is 47.5 Å². The Labute approximate surface area is 306 Å². The molecule has 51 heavy (non-hydrogen) atoms. The average molecular weight is 738 g/mol. The SMILES string of the molecule is CSCC[C@H](NC(=O)[C@@H](NC(=O)OC(C)(C)C)C(C)C)C(=O)NC(CC(C)C)[C@@H](O)CC(=O)N[C@@H](C(=O)NCc1ccc(C(=O)O)cc1)C(C)C. The van der Waals surface area contributed by atoms with Gasteiger partial charge in [0.1, 0.15) is 23.7 Å². The van der Waals surface area contributed by atoms with E-state index in [1.165, 1.54) is 23.9 Å². The minimum Gasteiger partial charge on any atom is -0.478 e. The summed E-state index contributed by atoms with van der Waals surface area (Å²) in [5, 5.41) is 33.9. The van der Waals surface area contributed by atoms with Crippen LogP contribution in [0.1, 0.15) is 97.5 Å². The summed E-state index contributed by atoms with van der Waals surface area (Å²) in [7, 11) is 0. The second-order valence-corrected chi connectivity index (χ2v) is 15.7. The normalized spacial score (nSPS) is 14.5. The third-order valence-corrected chi connectivity index (χ3v) is 8.35. The zero-order valence-electron chi connectivity index (χ0n) is 31.6. The van der Waals surface area contributed by atoms with Crippen molar-refractivity contribution in [1.29, 1.82) is 0 Å². The van der Waals surface area contributed by atoms with Crippen LogP contribution in [0.15, 0.2) is 24.3 Å². The maximum Gasteiger partial charge on any atom is 0.408 e. The molecule has 0 aliphatic rings. The highest BCUT2D eigenvalue weighted by Gasteiger charge is 2.33. The van der Waals surface area contributed by atoms with E-state index in [0.717, 1.165) is 0 Å². The molecule has 5 atom stereocenters. The smallest absolute Gasteiger partial charge is 0.408 e. The summed E-state index contributed by atoms with van der Waals surface area (Å²) in [5.41, 5.74) is 0.0273. The molecule has 1 unspecified atom stereocenters. The van der Waals surface area contributed by atoms with Crippen molar-refractivity contribution in [1.82, 2.24) is 26.6 Å². The molecule has 0 bridgehead atoms. The summed E-state index contributed by atoms with van der Waals surface area (Å²) in [6, 6.07) is 2.31. The molecule has 0 saturated heterocycles. The van der Waals surface area contributed by atoms with E-state index >= 15 is 0 Å². The van der Waals surface area contributed by atoms with Crippen LogP contribution in [0.4, 0.5) is 4.79 Å². The number of aliphatic hydroxyl groups excluding tert-OH is 1. The van der Waals surface area contributed by atoms with Gasteiger partial charge in [0.2, 0.25) is 23.6 Å². The number of hydrogen-bond donors (Lipinski definition) is 7. The van der Waals surface area contributed by atoms with Crippen LogP contribution in [0.2, 0.25) is 0 Å². The van der Waals surface area contributed by atoms with Crippen molar-refractivity contribution in [3.8, 4) is 0 Å². The van der Waals surface area contributed by atoms with Gasteiger partial charge in [0, 0.05) is 6.54 Å². The number of alkyl carbamates (subject to hydrolysis) is 1. The maximum absolute atomic E-state index is 13.6. The highest BCUT2D eigenvalue weighted by Crippen LogP contribution is 2.15. The zero-order valence-corrected chi connectivity index (χ0v) is 32.4. The van der Waals surface area contributed by atoms with E-state index in [1.54, 1.807) is 60.6 Å². The van der Waals surface area contributed by atoms with Gasteiger partial charge in [-0.05, 0) is 81.1 Å². The molecular formula is C36H59N5O9S. The predicted molar refractivity (Wildman–Crippen MR) is 197 cm³/mol. The highest BCUT2D eigenvalue weighted by atomic mass is 32.2. The molecule has 288 valence electrons. The third-order valence-electron chi connectivity index (χ3n) is 7.71. The lowest BCUT2D eigenvalue weighted by atomic mass is 9.96. The number of hydrogen-bond acceptors (Lipinski definition) is 9. The second-order valence-electron chi connectivity index (χ2n) is 14.7. The Kier molecular flexibility index (Phi) is 19.0. The minimum absolute atomic E-state index is 0.0226. The van der Waals surface area contributed by atoms with Crippen LogP contribution < -0.4 is 26.6 Å². The van der Waals surface area contributed by atoms with Gasteiger partial charge in [-0.3, -0.25) is 19.2 Å². The Hall–Kier alpha value is -3.85. The van der Waals surface area contributed by atoms with Gasteiger partial charge in [-0.15, -0.1) is 0 Å². The molecule has 0 aliphatic carbocycles. The van der Waals surface area contributed by atoms with Crippen molar-refractivity contribution in [2.24, 2.45) is 17.8 Å². The van der Waals surface area contributed by atoms with Crippen molar-refractivity contribution in [3.05, 3.63) is 35.4 Å². The quantitative estimate of drug-likeness (QED) is 0.104. The molecule has 0 radical (unpaired) electrons. The van der Waals surface area contributed by atoms with Crippen LogP contribution in [0.25, 0.3) is 0 Å². The Balaban J connectivity index is 3.00. The van der Waals surface area contributed by atoms with E-state index in [4.69, 9.17) is 9.84 Å². The first kappa shape index (κ1) is 45.2. The first-order valence-electron chi connectivity index (χ1n) is 17.3. The fourth-order valence-electron chi connectivity index (χ4n) is 5.00. The lowest BCUT2D eigenvalue weighted by Gasteiger charge is -2.30. The molecule has 14 nitrogen and oxygen atoms in total. The van der Waals surface area contributed by atoms with E-state index in [0.29, 0.717) is 17.7 Å². The molecule has 1 rings (SSSR count). The lowest BCUT2D eigenvalue weighted by Crippen LogP contribution is -2.58. The van der Waals surface area contributed by atoms with E-state index in [9.17, 15) is 33.9 Å². The largest absolute Gasteiger partial charge is 0.478 e. The lowest BCUT2D eigenvalue weighted by molar-refractivity contribution is -0.133. The van der Waals surface area contributed by atoms with Crippen LogP contribution in [0.5, 0.6) is 0 Å². The monoisotopic (exact) mass is 737 g/mol. The molecule has 0 spiro atoms. The Bertz CT molecular complexity index is 1310. The summed E-state index contributed by atoms with van der Waals surface area (Å²) in [5.74, 6) is -3.26. The first-order valence-corrected chi connectivity index (χ1v) is 18.7. The van der Waals surface area contributed by atoms with Gasteiger partial charge in [0.25, 0.3) is 0 Å². The maximum atomic E-state index is 13.6. The minimum atomic E-state index is -1.31. The van der Waals surface area contributed by atoms with Crippen LogP contribution >= 0.6 is 11.8 Å². The summed E-state index contributed by atoms with van der Waals surface area (Å²) < 4.78 is 5.31. The van der Waals surface area contributed by atoms with E-state index < -0.39 is 78.0 Å². The molecule has 0 saturated carbocycles. The fourth-order valence-corrected chi connectivity index (χ4v) is 5.47. The molecule has 0 heterocycles. The fraction of sp³-hybridized carbons (Fsp3) is 0.667. The molecule has 0 fully saturated rings. The molecule has 0 aliphatic heterocycles. The number of ether oxygens (including phenoxy) is 1. The molecule has 1 aromatic carbocycles. The molecular weight excluding hydrogens is 678 g/mol. The van der Waals surface area contributed by atoms with E-state index in [1.807, 2.05) is 20.1 Å². The molecule has 15 heteroatoms. The Morgan fingerprint density at radius 3 is 1.86 bits per heavy atom. The number of benzene rings is 1. The average Bonchev–Trinajstić information content (AvgIpc) is 3.01. The second kappa shape index (κ2) is 21.5. The highest BCUT2D eigenvalue weighted by molar-refractivity contribution is 7.98. The first-order chi connectivity index (χ1) is 23.6. The number of aromatic carboxylic acids is 1. The van der Waals surface area contributed by atoms with Gasteiger partial charge in [-0.25, -0.2) is 9.59 Å². The molecule has 1 aromatic rings. The molecule has 7 N–H and O–H groups in total. The topological polar surface area (TPSA) is 212 Å². The number of carbonyl (C=O) groups is 6. The van der Waals surface area contributed by atoms with E-state index in [-0.39, 0.29) is 36.3 Å². The Morgan fingerprint density at radius 1 is 0.804 bits per heavy atom. The summed E-state index contributed by atoms with van der Waals surface area (Å²) in [6.45, 7) is 16.1.